The molecule has 0 unspecified atom stereocenters. The van der Waals surface area contributed by atoms with Crippen molar-refractivity contribution in [3.63, 3.8) is 0 Å². The molecule has 1 aromatic carbocycles. The number of urea groups is 1. The number of amides is 2. The first-order valence-electron chi connectivity index (χ1n) is 7.80. The van der Waals surface area contributed by atoms with Crippen LogP contribution in [0.1, 0.15) is 24.8 Å². The van der Waals surface area contributed by atoms with E-state index in [0.29, 0.717) is 17.8 Å². The van der Waals surface area contributed by atoms with E-state index in [9.17, 15) is 23.1 Å². The van der Waals surface area contributed by atoms with Gasteiger partial charge in [-0.1, -0.05) is 18.6 Å². The van der Waals surface area contributed by atoms with Crippen molar-refractivity contribution in [1.29, 1.82) is 0 Å². The van der Waals surface area contributed by atoms with Gasteiger partial charge < -0.3 is 20.5 Å². The molecule has 1 aromatic rings. The monoisotopic (exact) mass is 346 g/mol. The van der Waals surface area contributed by atoms with Crippen LogP contribution in [0.25, 0.3) is 0 Å². The second-order valence-corrected chi connectivity index (χ2v) is 5.90. The van der Waals surface area contributed by atoms with Crippen LogP contribution in [0.4, 0.5) is 23.7 Å². The van der Waals surface area contributed by atoms with Crippen LogP contribution in [0.15, 0.2) is 24.3 Å². The van der Waals surface area contributed by atoms with Gasteiger partial charge in [-0.3, -0.25) is 0 Å². The number of nitrogens with one attached hydrogen (secondary N) is 2. The predicted molar refractivity (Wildman–Crippen MR) is 82.5 cm³/mol. The van der Waals surface area contributed by atoms with Crippen LogP contribution in [0.5, 0.6) is 0 Å². The molecule has 5 nitrogen and oxygen atoms in total. The Morgan fingerprint density at radius 3 is 2.79 bits per heavy atom. The summed E-state index contributed by atoms with van der Waals surface area (Å²) in [7, 11) is 0. The second kappa shape index (κ2) is 8.34. The minimum atomic E-state index is -4.36. The lowest BCUT2D eigenvalue weighted by Crippen LogP contribution is -2.35. The molecule has 2 rings (SSSR count). The third-order valence-electron chi connectivity index (χ3n) is 3.86. The van der Waals surface area contributed by atoms with E-state index in [0.717, 1.165) is 19.3 Å². The Morgan fingerprint density at radius 1 is 1.33 bits per heavy atom. The number of ether oxygens (including phenoxy) is 1. The van der Waals surface area contributed by atoms with E-state index in [1.54, 1.807) is 24.3 Å². The SMILES string of the molecule is O=C(NC[C@@H]1CCC[C@H]1O)Nc1cccc(COCC(F)(F)F)c1. The van der Waals surface area contributed by atoms with Gasteiger partial charge >= 0.3 is 12.2 Å². The third-order valence-corrected chi connectivity index (χ3v) is 3.86. The van der Waals surface area contributed by atoms with E-state index >= 15 is 0 Å². The molecule has 0 heterocycles. The first-order chi connectivity index (χ1) is 11.3. The smallest absolute Gasteiger partial charge is 0.393 e. The Hall–Kier alpha value is -1.80. The molecule has 0 aliphatic heterocycles. The average Bonchev–Trinajstić information content (AvgIpc) is 2.89. The molecule has 1 aliphatic rings. The maximum Gasteiger partial charge on any atom is 0.411 e. The molecular formula is C16H21F3N2O3. The molecule has 2 atom stereocenters. The van der Waals surface area contributed by atoms with Gasteiger partial charge in [-0.2, -0.15) is 13.2 Å². The number of rotatable bonds is 6. The van der Waals surface area contributed by atoms with Gasteiger partial charge in [0.25, 0.3) is 0 Å². The Kier molecular flexibility index (Phi) is 6.44. The zero-order chi connectivity index (χ0) is 17.6. The molecule has 3 N–H and O–H groups in total. The molecular weight excluding hydrogens is 325 g/mol. The highest BCUT2D eigenvalue weighted by molar-refractivity contribution is 5.89. The fourth-order valence-corrected chi connectivity index (χ4v) is 2.68. The molecule has 24 heavy (non-hydrogen) atoms. The van der Waals surface area contributed by atoms with Crippen LogP contribution in [0.3, 0.4) is 0 Å². The predicted octanol–water partition coefficient (Wildman–Crippen LogP) is 3.05. The minimum absolute atomic E-state index is 0.0675. The zero-order valence-electron chi connectivity index (χ0n) is 13.1. The van der Waals surface area contributed by atoms with Gasteiger partial charge in [0.15, 0.2) is 0 Å². The van der Waals surface area contributed by atoms with Crippen LogP contribution in [-0.4, -0.2) is 36.6 Å². The third kappa shape index (κ3) is 6.37. The highest BCUT2D eigenvalue weighted by atomic mass is 19.4. The maximum absolute atomic E-state index is 12.0. The van der Waals surface area contributed by atoms with Gasteiger partial charge in [0.1, 0.15) is 6.61 Å². The Bertz CT molecular complexity index is 552. The molecule has 0 radical (unpaired) electrons. The number of hydrogen-bond donors (Lipinski definition) is 3. The Balaban J connectivity index is 1.77. The number of carbonyl (C=O) groups excluding carboxylic acids is 1. The zero-order valence-corrected chi connectivity index (χ0v) is 13.1. The highest BCUT2D eigenvalue weighted by Gasteiger charge is 2.27. The highest BCUT2D eigenvalue weighted by Crippen LogP contribution is 2.24. The lowest BCUT2D eigenvalue weighted by molar-refractivity contribution is -0.176. The average molecular weight is 346 g/mol. The van der Waals surface area contributed by atoms with E-state index < -0.39 is 18.8 Å². The topological polar surface area (TPSA) is 70.6 Å². The van der Waals surface area contributed by atoms with Gasteiger partial charge in [-0.25, -0.2) is 4.79 Å². The lowest BCUT2D eigenvalue weighted by atomic mass is 10.1. The summed E-state index contributed by atoms with van der Waals surface area (Å²) >= 11 is 0. The van der Waals surface area contributed by atoms with Gasteiger partial charge in [0.2, 0.25) is 0 Å². The first kappa shape index (κ1) is 18.5. The normalized spacial score (nSPS) is 20.8. The van der Waals surface area contributed by atoms with Crippen molar-refractivity contribution in [3.8, 4) is 0 Å². The summed E-state index contributed by atoms with van der Waals surface area (Å²) in [5, 5.41) is 15.0. The molecule has 134 valence electrons. The quantitative estimate of drug-likeness (QED) is 0.741. The summed E-state index contributed by atoms with van der Waals surface area (Å²) < 4.78 is 40.7. The number of aliphatic hydroxyl groups excluding tert-OH is 1. The number of alkyl halides is 3. The number of anilines is 1. The Morgan fingerprint density at radius 2 is 2.12 bits per heavy atom. The Labute approximate surface area is 138 Å². The summed E-state index contributed by atoms with van der Waals surface area (Å²) in [6.45, 7) is -1.11. The van der Waals surface area contributed by atoms with Crippen molar-refractivity contribution in [1.82, 2.24) is 5.32 Å². The van der Waals surface area contributed by atoms with Crippen molar-refractivity contribution in [2.45, 2.75) is 38.1 Å². The molecule has 1 aliphatic carbocycles. The van der Waals surface area contributed by atoms with E-state index in [2.05, 4.69) is 15.4 Å². The van der Waals surface area contributed by atoms with Crippen LogP contribution >= 0.6 is 0 Å². The van der Waals surface area contributed by atoms with E-state index in [-0.39, 0.29) is 18.6 Å². The standard InChI is InChI=1S/C16H21F3N2O3/c17-16(18,19)10-24-9-11-3-1-5-13(7-11)21-15(23)20-8-12-4-2-6-14(12)22/h1,3,5,7,12,14,22H,2,4,6,8-10H2,(H2,20,21,23)/t12-,14+/m0/s1. The fourth-order valence-electron chi connectivity index (χ4n) is 2.68. The van der Waals surface area contributed by atoms with Crippen molar-refractivity contribution in [2.24, 2.45) is 5.92 Å². The molecule has 1 fully saturated rings. The van der Waals surface area contributed by atoms with E-state index in [1.165, 1.54) is 0 Å². The number of hydrogen-bond acceptors (Lipinski definition) is 3. The van der Waals surface area contributed by atoms with Crippen molar-refractivity contribution >= 4 is 11.7 Å². The van der Waals surface area contributed by atoms with E-state index in [4.69, 9.17) is 0 Å². The van der Waals surface area contributed by atoms with Gasteiger partial charge in [-0.05, 0) is 30.5 Å². The second-order valence-electron chi connectivity index (χ2n) is 5.90. The summed E-state index contributed by atoms with van der Waals surface area (Å²) in [5.41, 5.74) is 0.996. The summed E-state index contributed by atoms with van der Waals surface area (Å²) in [6.07, 6.45) is -2.14. The maximum atomic E-state index is 12.0. The van der Waals surface area contributed by atoms with Crippen molar-refractivity contribution in [3.05, 3.63) is 29.8 Å². The van der Waals surface area contributed by atoms with E-state index in [1.807, 2.05) is 0 Å². The summed E-state index contributed by atoms with van der Waals surface area (Å²) in [6, 6.07) is 6.02. The lowest BCUT2D eigenvalue weighted by Gasteiger charge is -2.15. The summed E-state index contributed by atoms with van der Waals surface area (Å²) in [5.74, 6) is 0.0675. The summed E-state index contributed by atoms with van der Waals surface area (Å²) in [4.78, 5) is 11.8. The fraction of sp³-hybridized carbons (Fsp3) is 0.562. The van der Waals surface area contributed by atoms with Crippen LogP contribution < -0.4 is 10.6 Å². The number of halogens is 3. The van der Waals surface area contributed by atoms with Gasteiger partial charge in [-0.15, -0.1) is 0 Å². The van der Waals surface area contributed by atoms with Crippen LogP contribution in [0, 0.1) is 5.92 Å². The van der Waals surface area contributed by atoms with Crippen molar-refractivity contribution in [2.75, 3.05) is 18.5 Å². The first-order valence-corrected chi connectivity index (χ1v) is 7.80. The molecule has 0 saturated heterocycles. The molecule has 8 heteroatoms. The van der Waals surface area contributed by atoms with Crippen LogP contribution in [-0.2, 0) is 11.3 Å². The molecule has 2 amide bonds. The number of carbonyl (C=O) groups is 1. The van der Waals surface area contributed by atoms with Crippen molar-refractivity contribution < 1.29 is 27.8 Å². The number of benzene rings is 1. The minimum Gasteiger partial charge on any atom is -0.393 e. The molecule has 0 aromatic heterocycles. The number of aliphatic hydroxyl groups is 1. The molecule has 0 bridgehead atoms. The van der Waals surface area contributed by atoms with Gasteiger partial charge in [0.05, 0.1) is 12.7 Å². The molecule has 0 spiro atoms. The van der Waals surface area contributed by atoms with Gasteiger partial charge in [0, 0.05) is 18.2 Å². The van der Waals surface area contributed by atoms with Crippen LogP contribution in [0.2, 0.25) is 0 Å². The largest absolute Gasteiger partial charge is 0.411 e. The molecule has 1 saturated carbocycles.